The molecule has 2 bridgehead atoms. The molecule has 0 unspecified atom stereocenters. The summed E-state index contributed by atoms with van der Waals surface area (Å²) in [7, 11) is 0. The van der Waals surface area contributed by atoms with Crippen LogP contribution < -0.4 is 19.7 Å². The first-order valence-electron chi connectivity index (χ1n) is 17.1. The Bertz CT molecular complexity index is 2070. The number of aromatic nitrogens is 3. The molecule has 0 amide bonds. The Kier molecular flexibility index (Phi) is 7.00. The zero-order chi connectivity index (χ0) is 33.8. The van der Waals surface area contributed by atoms with Crippen molar-refractivity contribution < 1.29 is 32.1 Å². The number of halogens is 4. The minimum absolute atomic E-state index is 0.0656. The smallest absolute Gasteiger partial charge is 0.319 e. The average molecular weight is 677 g/mol. The number of aromatic hydroxyl groups is 1. The van der Waals surface area contributed by atoms with E-state index in [1.54, 1.807) is 6.07 Å². The quantitative estimate of drug-likeness (QED) is 0.238. The first-order chi connectivity index (χ1) is 23.6. The largest absolute Gasteiger partial charge is 0.508 e. The van der Waals surface area contributed by atoms with Crippen LogP contribution in [0.15, 0.2) is 35.9 Å². The number of ether oxygens (including phenoxy) is 2. The molecule has 0 radical (unpaired) electrons. The Morgan fingerprint density at radius 3 is 2.82 bits per heavy atom. The summed E-state index contributed by atoms with van der Waals surface area (Å²) in [5.74, 6) is -0.766. The number of hydrogen-bond acceptors (Lipinski definition) is 9. The van der Waals surface area contributed by atoms with Gasteiger partial charge in [0.1, 0.15) is 46.7 Å². The average Bonchev–Trinajstić information content (AvgIpc) is 3.74. The maximum Gasteiger partial charge on any atom is 0.319 e. The van der Waals surface area contributed by atoms with Gasteiger partial charge in [-0.15, -0.1) is 0 Å². The topological polar surface area (TPSA) is 95.9 Å². The lowest BCUT2D eigenvalue weighted by molar-refractivity contribution is 0.108. The van der Waals surface area contributed by atoms with Crippen molar-refractivity contribution >= 4 is 27.5 Å². The van der Waals surface area contributed by atoms with Gasteiger partial charge < -0.3 is 24.8 Å². The number of phenolic OH excluding ortho intramolecular Hbond substituents is 1. The Morgan fingerprint density at radius 2 is 2.00 bits per heavy atom. The fourth-order valence-corrected chi connectivity index (χ4v) is 9.23. The van der Waals surface area contributed by atoms with Gasteiger partial charge in [-0.05, 0) is 86.5 Å². The van der Waals surface area contributed by atoms with Gasteiger partial charge in [-0.1, -0.05) is 13.0 Å². The second-order valence-corrected chi connectivity index (χ2v) is 14.2. The van der Waals surface area contributed by atoms with Crippen LogP contribution in [0.1, 0.15) is 51.5 Å². The number of anilines is 1. The number of phenols is 1. The SMILES string of the molecule is CCc1c(F)ccc2cc(O)cc(-c3nc4c5c(nc(OC[C@@]67CCCN6CC(=C(F)F)C7)nc5c3F)N3C[C@H]5CC[C@H](N5)[C@H]3[C@H](C)O4)c12. The van der Waals surface area contributed by atoms with Gasteiger partial charge in [0, 0.05) is 36.3 Å². The lowest BCUT2D eigenvalue weighted by Gasteiger charge is -2.42. The van der Waals surface area contributed by atoms with E-state index >= 15 is 8.78 Å². The van der Waals surface area contributed by atoms with Crippen molar-refractivity contribution in [2.24, 2.45) is 0 Å². The highest BCUT2D eigenvalue weighted by molar-refractivity contribution is 6.03. The number of benzene rings is 2. The maximum absolute atomic E-state index is 17.2. The summed E-state index contributed by atoms with van der Waals surface area (Å²) < 4.78 is 72.6. The number of fused-ring (bicyclic) bond motifs is 7. The molecule has 4 aromatic rings. The lowest BCUT2D eigenvalue weighted by atomic mass is 9.94. The molecule has 2 aromatic carbocycles. The predicted octanol–water partition coefficient (Wildman–Crippen LogP) is 6.25. The standard InChI is InChI=1S/C36H36F4N6O3/c1-3-22-24(37)7-5-18-11-21(47)12-23(26(18)22)29-28(38)30-27-33(46-15-20-6-8-25(41-20)31(46)17(2)49-34(27)42-29)44-35(43-30)48-16-36-9-4-10-45(36)14-19(13-36)32(39)40/h5,7,11-12,17,20,25,31,41,47H,3-4,6,8-10,13-16H2,1-2H3/t17-,20+,25-,31+,36-/m0/s1. The third-order valence-corrected chi connectivity index (χ3v) is 11.4. The minimum Gasteiger partial charge on any atom is -0.508 e. The molecule has 49 heavy (non-hydrogen) atoms. The molecular weight excluding hydrogens is 640 g/mol. The molecule has 13 heteroatoms. The second kappa shape index (κ2) is 11.1. The van der Waals surface area contributed by atoms with Crippen LogP contribution in [0, 0.1) is 11.6 Å². The minimum atomic E-state index is -1.65. The number of rotatable bonds is 5. The predicted molar refractivity (Wildman–Crippen MR) is 175 cm³/mol. The number of pyridine rings is 1. The third-order valence-electron chi connectivity index (χ3n) is 11.4. The molecule has 0 spiro atoms. The Hall–Kier alpha value is -4.23. The molecule has 9 rings (SSSR count). The fraction of sp³-hybridized carbons (Fsp3) is 0.472. The third kappa shape index (κ3) is 4.68. The molecule has 0 aliphatic carbocycles. The zero-order valence-corrected chi connectivity index (χ0v) is 27.2. The van der Waals surface area contributed by atoms with Crippen LogP contribution >= 0.6 is 0 Å². The van der Waals surface area contributed by atoms with Crippen LogP contribution in [-0.2, 0) is 6.42 Å². The van der Waals surface area contributed by atoms with Gasteiger partial charge in [0.15, 0.2) is 5.82 Å². The number of nitrogens with zero attached hydrogens (tertiary/aromatic N) is 5. The van der Waals surface area contributed by atoms with E-state index in [1.165, 1.54) is 18.2 Å². The summed E-state index contributed by atoms with van der Waals surface area (Å²) in [5, 5.41) is 15.7. The second-order valence-electron chi connectivity index (χ2n) is 14.2. The Balaban J connectivity index is 1.24. The van der Waals surface area contributed by atoms with E-state index in [2.05, 4.69) is 15.2 Å². The van der Waals surface area contributed by atoms with Gasteiger partial charge in [0.05, 0.1) is 11.6 Å². The molecule has 2 N–H and O–H groups in total. The molecular formula is C36H36F4N6O3. The fourth-order valence-electron chi connectivity index (χ4n) is 9.23. The van der Waals surface area contributed by atoms with Crippen molar-refractivity contribution in [2.45, 2.75) is 82.1 Å². The molecule has 4 fully saturated rings. The van der Waals surface area contributed by atoms with Crippen molar-refractivity contribution in [2.75, 3.05) is 31.1 Å². The van der Waals surface area contributed by atoms with E-state index in [1.807, 2.05) is 18.7 Å². The first kappa shape index (κ1) is 30.8. The normalized spacial score (nSPS) is 27.4. The highest BCUT2D eigenvalue weighted by atomic mass is 19.3. The van der Waals surface area contributed by atoms with E-state index < -0.39 is 23.3 Å². The molecule has 2 aromatic heterocycles. The van der Waals surface area contributed by atoms with Crippen molar-refractivity contribution in [3.8, 4) is 28.9 Å². The van der Waals surface area contributed by atoms with Crippen molar-refractivity contribution in [3.63, 3.8) is 0 Å². The highest BCUT2D eigenvalue weighted by Gasteiger charge is 2.49. The van der Waals surface area contributed by atoms with Crippen LogP contribution in [-0.4, -0.2) is 81.0 Å². The molecule has 5 atom stereocenters. The van der Waals surface area contributed by atoms with Gasteiger partial charge >= 0.3 is 6.01 Å². The van der Waals surface area contributed by atoms with Crippen molar-refractivity contribution in [3.05, 3.63) is 53.1 Å². The van der Waals surface area contributed by atoms with Gasteiger partial charge in [-0.25, -0.2) is 13.8 Å². The summed E-state index contributed by atoms with van der Waals surface area (Å²) in [5.41, 5.74) is -0.137. The molecule has 0 saturated carbocycles. The summed E-state index contributed by atoms with van der Waals surface area (Å²) in [6, 6.07) is 5.90. The number of hydrogen-bond donors (Lipinski definition) is 2. The van der Waals surface area contributed by atoms with E-state index in [4.69, 9.17) is 19.4 Å². The molecule has 5 aliphatic rings. The van der Waals surface area contributed by atoms with E-state index in [0.717, 1.165) is 19.3 Å². The first-order valence-corrected chi connectivity index (χ1v) is 17.1. The summed E-state index contributed by atoms with van der Waals surface area (Å²) >= 11 is 0. The van der Waals surface area contributed by atoms with Crippen LogP contribution in [0.2, 0.25) is 0 Å². The van der Waals surface area contributed by atoms with Crippen molar-refractivity contribution in [1.29, 1.82) is 0 Å². The zero-order valence-electron chi connectivity index (χ0n) is 27.2. The van der Waals surface area contributed by atoms with Crippen molar-refractivity contribution in [1.82, 2.24) is 25.2 Å². The van der Waals surface area contributed by atoms with Crippen LogP contribution in [0.5, 0.6) is 17.6 Å². The highest BCUT2D eigenvalue weighted by Crippen LogP contribution is 2.47. The Labute approximate surface area is 279 Å². The number of aryl methyl sites for hydroxylation is 1. The van der Waals surface area contributed by atoms with Crippen LogP contribution in [0.4, 0.5) is 23.4 Å². The molecule has 7 heterocycles. The van der Waals surface area contributed by atoms with Crippen LogP contribution in [0.25, 0.3) is 32.9 Å². The number of nitrogens with one attached hydrogen (secondary N) is 1. The van der Waals surface area contributed by atoms with E-state index in [9.17, 15) is 13.9 Å². The Morgan fingerprint density at radius 1 is 1.14 bits per heavy atom. The molecule has 5 aliphatic heterocycles. The van der Waals surface area contributed by atoms with E-state index in [-0.39, 0.29) is 83.8 Å². The van der Waals surface area contributed by atoms with Gasteiger partial charge in [-0.2, -0.15) is 18.7 Å². The van der Waals surface area contributed by atoms with Crippen LogP contribution in [0.3, 0.4) is 0 Å². The molecule has 4 saturated heterocycles. The van der Waals surface area contributed by atoms with Gasteiger partial charge in [0.25, 0.3) is 6.08 Å². The lowest BCUT2D eigenvalue weighted by Crippen LogP contribution is -2.62. The summed E-state index contributed by atoms with van der Waals surface area (Å²) in [6.45, 7) is 5.34. The summed E-state index contributed by atoms with van der Waals surface area (Å²) in [4.78, 5) is 18.5. The molecule has 9 nitrogen and oxygen atoms in total. The molecule has 256 valence electrons. The van der Waals surface area contributed by atoms with E-state index in [0.29, 0.717) is 53.5 Å². The number of piperazine rings is 1. The summed E-state index contributed by atoms with van der Waals surface area (Å²) in [6.07, 6.45) is 1.98. The van der Waals surface area contributed by atoms with Gasteiger partial charge in [0.2, 0.25) is 5.88 Å². The van der Waals surface area contributed by atoms with Gasteiger partial charge in [-0.3, -0.25) is 4.90 Å². The maximum atomic E-state index is 17.2. The monoisotopic (exact) mass is 676 g/mol.